The third kappa shape index (κ3) is 6.54. The molecule has 2 amide bonds. The van der Waals surface area contributed by atoms with Crippen LogP contribution in [0.5, 0.6) is 0 Å². The number of carbonyl (C=O) groups is 2. The molecule has 6 rings (SSSR count). The summed E-state index contributed by atoms with van der Waals surface area (Å²) in [5, 5.41) is 14.3. The highest BCUT2D eigenvalue weighted by molar-refractivity contribution is 5.91. The number of aromatic nitrogens is 6. The van der Waals surface area contributed by atoms with Crippen LogP contribution in [0.3, 0.4) is 0 Å². The molecule has 3 aliphatic rings. The van der Waals surface area contributed by atoms with E-state index >= 15 is 0 Å². The molecule has 0 bridgehead atoms. The summed E-state index contributed by atoms with van der Waals surface area (Å²) in [6, 6.07) is 0.630. The van der Waals surface area contributed by atoms with Crippen LogP contribution >= 0.6 is 0 Å². The Kier molecular flexibility index (Phi) is 7.37. The van der Waals surface area contributed by atoms with Crippen molar-refractivity contribution < 1.29 is 31.5 Å². The number of hydrogen-bond acceptors (Lipinski definition) is 6. The molecule has 0 spiro atoms. The zero-order valence-corrected chi connectivity index (χ0v) is 22.7. The summed E-state index contributed by atoms with van der Waals surface area (Å²) in [7, 11) is 0. The van der Waals surface area contributed by atoms with Crippen molar-refractivity contribution in [3.63, 3.8) is 0 Å². The topological polar surface area (TPSA) is 119 Å². The molecule has 3 aromatic rings. The lowest BCUT2D eigenvalue weighted by Gasteiger charge is -2.33. The number of imidazole rings is 1. The summed E-state index contributed by atoms with van der Waals surface area (Å²) in [5.74, 6) is -3.98. The number of hydrogen-bond donors (Lipinski definition) is 2. The van der Waals surface area contributed by atoms with Gasteiger partial charge in [-0.1, -0.05) is 0 Å². The molecule has 2 N–H and O–H groups in total. The van der Waals surface area contributed by atoms with Gasteiger partial charge in [-0.3, -0.25) is 9.59 Å². The van der Waals surface area contributed by atoms with Gasteiger partial charge in [0.15, 0.2) is 5.65 Å². The van der Waals surface area contributed by atoms with Gasteiger partial charge in [0.1, 0.15) is 6.33 Å². The molecule has 3 saturated carbocycles. The van der Waals surface area contributed by atoms with Crippen molar-refractivity contribution in [2.45, 2.75) is 94.4 Å². The van der Waals surface area contributed by atoms with Gasteiger partial charge in [-0.25, -0.2) is 27.9 Å². The van der Waals surface area contributed by atoms with Gasteiger partial charge in [0.25, 0.3) is 5.91 Å². The van der Waals surface area contributed by atoms with Crippen LogP contribution in [0.15, 0.2) is 24.8 Å². The maximum Gasteiger partial charge on any atom is 0.389 e. The number of nitrogens with one attached hydrogen (secondary N) is 2. The van der Waals surface area contributed by atoms with Crippen LogP contribution in [0.4, 0.5) is 22.0 Å². The number of fused-ring (bicyclic) bond motifs is 1. The van der Waals surface area contributed by atoms with Gasteiger partial charge in [0.2, 0.25) is 17.7 Å². The van der Waals surface area contributed by atoms with Crippen molar-refractivity contribution in [1.82, 2.24) is 40.0 Å². The fourth-order valence-corrected chi connectivity index (χ4v) is 5.67. The van der Waals surface area contributed by atoms with E-state index in [0.29, 0.717) is 16.9 Å². The quantitative estimate of drug-likeness (QED) is 0.324. The first-order valence-corrected chi connectivity index (χ1v) is 14.3. The lowest BCUT2D eigenvalue weighted by molar-refractivity contribution is -0.144. The van der Waals surface area contributed by atoms with Crippen molar-refractivity contribution in [3.8, 4) is 0 Å². The van der Waals surface area contributed by atoms with Crippen LogP contribution < -0.4 is 10.6 Å². The third-order valence-electron chi connectivity index (χ3n) is 8.27. The number of nitrogens with zero attached hydrogens (tertiary/aromatic N) is 6. The Morgan fingerprint density at radius 3 is 2.38 bits per heavy atom. The van der Waals surface area contributed by atoms with Crippen molar-refractivity contribution in [2.24, 2.45) is 11.8 Å². The Balaban J connectivity index is 1.25. The molecule has 0 aromatic carbocycles. The normalized spacial score (nSPS) is 20.8. The van der Waals surface area contributed by atoms with Gasteiger partial charge in [0.05, 0.1) is 42.6 Å². The molecule has 226 valence electrons. The lowest BCUT2D eigenvalue weighted by Crippen LogP contribution is -2.38. The smallest absolute Gasteiger partial charge is 0.349 e. The number of halogens is 5. The van der Waals surface area contributed by atoms with E-state index in [-0.39, 0.29) is 49.4 Å². The summed E-state index contributed by atoms with van der Waals surface area (Å²) in [5.41, 5.74) is 1.45. The average molecular weight is 595 g/mol. The Hall–Kier alpha value is -3.65. The van der Waals surface area contributed by atoms with Gasteiger partial charge in [-0.2, -0.15) is 23.4 Å². The van der Waals surface area contributed by atoms with E-state index < -0.39 is 48.8 Å². The lowest BCUT2D eigenvalue weighted by atomic mass is 9.81. The van der Waals surface area contributed by atoms with Crippen molar-refractivity contribution in [2.75, 3.05) is 0 Å². The Morgan fingerprint density at radius 2 is 1.71 bits per heavy atom. The summed E-state index contributed by atoms with van der Waals surface area (Å²) < 4.78 is 68.9. The highest BCUT2D eigenvalue weighted by Gasteiger charge is 2.40. The Bertz CT molecular complexity index is 1450. The van der Waals surface area contributed by atoms with Gasteiger partial charge in [0, 0.05) is 19.3 Å². The predicted molar refractivity (Wildman–Crippen MR) is 137 cm³/mol. The largest absolute Gasteiger partial charge is 0.389 e. The zero-order chi connectivity index (χ0) is 29.6. The van der Waals surface area contributed by atoms with Crippen molar-refractivity contribution in [3.05, 3.63) is 41.9 Å². The van der Waals surface area contributed by atoms with E-state index in [9.17, 15) is 31.5 Å². The third-order valence-corrected chi connectivity index (χ3v) is 8.27. The highest BCUT2D eigenvalue weighted by atomic mass is 19.4. The minimum absolute atomic E-state index is 0.0817. The Morgan fingerprint density at radius 1 is 1.00 bits per heavy atom. The molecule has 15 heteroatoms. The van der Waals surface area contributed by atoms with E-state index in [1.54, 1.807) is 23.1 Å². The van der Waals surface area contributed by atoms with E-state index in [2.05, 4.69) is 25.8 Å². The van der Waals surface area contributed by atoms with E-state index in [1.165, 1.54) is 10.8 Å². The minimum atomic E-state index is -4.42. The molecule has 0 radical (unpaired) electrons. The number of rotatable bonds is 10. The molecule has 0 saturated heterocycles. The SMILES string of the molecule is O=C(CCC(F)(F)F)N[C@@H](c1cnn2cc([C@@H](NC(=O)c3ncnn3C3CC3)C3CCC(F)(F)CC3)nc2c1)C1CC1. The second kappa shape index (κ2) is 10.9. The maximum absolute atomic E-state index is 14.0. The number of amides is 2. The fraction of sp³-hybridized carbons (Fsp3) is 0.630. The van der Waals surface area contributed by atoms with Crippen LogP contribution in [-0.4, -0.2) is 53.3 Å². The summed E-state index contributed by atoms with van der Waals surface area (Å²) >= 11 is 0. The van der Waals surface area contributed by atoms with Crippen LogP contribution in [0, 0.1) is 11.8 Å². The van der Waals surface area contributed by atoms with Gasteiger partial charge in [-0.15, -0.1) is 0 Å². The highest BCUT2D eigenvalue weighted by Crippen LogP contribution is 2.43. The van der Waals surface area contributed by atoms with Crippen LogP contribution in [0.25, 0.3) is 5.65 Å². The maximum atomic E-state index is 14.0. The summed E-state index contributed by atoms with van der Waals surface area (Å²) in [6.45, 7) is 0. The molecule has 2 atom stereocenters. The fourth-order valence-electron chi connectivity index (χ4n) is 5.67. The molecular weight excluding hydrogens is 563 g/mol. The first-order valence-electron chi connectivity index (χ1n) is 14.3. The first kappa shape index (κ1) is 28.5. The van der Waals surface area contributed by atoms with Crippen molar-refractivity contribution in [1.29, 1.82) is 0 Å². The monoisotopic (exact) mass is 594 g/mol. The second-order valence-corrected chi connectivity index (χ2v) is 11.7. The summed E-state index contributed by atoms with van der Waals surface area (Å²) in [6.07, 6.45) is 1.43. The molecule has 3 fully saturated rings. The second-order valence-electron chi connectivity index (χ2n) is 11.7. The Labute approximate surface area is 237 Å². The van der Waals surface area contributed by atoms with Crippen LogP contribution in [-0.2, 0) is 4.79 Å². The van der Waals surface area contributed by atoms with Crippen molar-refractivity contribution >= 4 is 17.5 Å². The van der Waals surface area contributed by atoms with Gasteiger partial charge >= 0.3 is 6.18 Å². The molecule has 3 heterocycles. The average Bonchev–Trinajstić information content (AvgIpc) is 3.87. The predicted octanol–water partition coefficient (Wildman–Crippen LogP) is 4.86. The number of alkyl halides is 5. The first-order chi connectivity index (χ1) is 20.0. The molecule has 3 aliphatic carbocycles. The van der Waals surface area contributed by atoms with Crippen LogP contribution in [0.1, 0.15) is 104 Å². The van der Waals surface area contributed by atoms with E-state index in [4.69, 9.17) is 4.98 Å². The molecule has 0 unspecified atom stereocenters. The van der Waals surface area contributed by atoms with E-state index in [1.807, 2.05) is 0 Å². The number of carbonyl (C=O) groups excluding carboxylic acids is 2. The van der Waals surface area contributed by atoms with Gasteiger partial charge in [-0.05, 0) is 62.0 Å². The standard InChI is InChI=1S/C27H31F5N8O2/c28-26(29)8-5-16(6-9-26)23(38-25(42)24-33-14-35-40(24)18-3-4-18)19-13-39-20(36-19)11-17(12-34-39)22(15-1-2-15)37-21(41)7-10-27(30,31)32/h11-16,18,22-23H,1-10H2,(H,37,41)(H,38,42)/t22-,23+/m1/s1. The minimum Gasteiger partial charge on any atom is -0.349 e. The van der Waals surface area contributed by atoms with Gasteiger partial charge < -0.3 is 10.6 Å². The molecule has 0 aliphatic heterocycles. The summed E-state index contributed by atoms with van der Waals surface area (Å²) in [4.78, 5) is 34.4. The molecule has 42 heavy (non-hydrogen) atoms. The van der Waals surface area contributed by atoms with Crippen LogP contribution in [0.2, 0.25) is 0 Å². The molecule has 10 nitrogen and oxygen atoms in total. The molecular formula is C27H31F5N8O2. The van der Waals surface area contributed by atoms with E-state index in [0.717, 1.165) is 25.7 Å². The molecule has 3 aromatic heterocycles. The zero-order valence-electron chi connectivity index (χ0n) is 22.7.